The fraction of sp³-hybridized carbons (Fsp3) is 0.240. The molecule has 0 radical (unpaired) electrons. The predicted molar refractivity (Wildman–Crippen MR) is 130 cm³/mol. The first-order chi connectivity index (χ1) is 15.6. The van der Waals surface area contributed by atoms with E-state index < -0.39 is 5.91 Å². The van der Waals surface area contributed by atoms with E-state index in [1.807, 2.05) is 54.6 Å². The number of nitrogens with zero attached hydrogens (tertiary/aromatic N) is 2. The number of amides is 1. The topological polar surface area (TPSA) is 75.0 Å². The van der Waals surface area contributed by atoms with Crippen LogP contribution < -0.4 is 10.1 Å². The van der Waals surface area contributed by atoms with Crippen molar-refractivity contribution in [2.45, 2.75) is 32.6 Å². The summed E-state index contributed by atoms with van der Waals surface area (Å²) in [5.41, 5.74) is 1.82. The van der Waals surface area contributed by atoms with E-state index in [-0.39, 0.29) is 5.57 Å². The molecule has 0 fully saturated rings. The van der Waals surface area contributed by atoms with Gasteiger partial charge in [-0.05, 0) is 47.9 Å². The molecule has 0 atom stereocenters. The lowest BCUT2D eigenvalue weighted by Gasteiger charge is -2.06. The number of benzene rings is 2. The largest absolute Gasteiger partial charge is 0.494 e. The Labute approximate surface area is 197 Å². The Morgan fingerprint density at radius 2 is 2.06 bits per heavy atom. The Morgan fingerprint density at radius 3 is 2.78 bits per heavy atom. The molecule has 32 heavy (non-hydrogen) atoms. The Morgan fingerprint density at radius 1 is 1.25 bits per heavy atom. The highest BCUT2D eigenvalue weighted by molar-refractivity contribution is 7.15. The Kier molecular flexibility index (Phi) is 8.85. The van der Waals surface area contributed by atoms with Crippen LogP contribution >= 0.6 is 22.9 Å². The lowest BCUT2D eigenvalue weighted by molar-refractivity contribution is -0.112. The molecular weight excluding hydrogens is 442 g/mol. The van der Waals surface area contributed by atoms with Crippen LogP contribution in [0.25, 0.3) is 6.08 Å². The quantitative estimate of drug-likeness (QED) is 0.210. The van der Waals surface area contributed by atoms with Gasteiger partial charge in [-0.2, -0.15) is 5.26 Å². The van der Waals surface area contributed by atoms with Crippen LogP contribution in [0, 0.1) is 11.3 Å². The number of nitrogens with one attached hydrogen (secondary N) is 1. The number of carbonyl (C=O) groups excluding carboxylic acids is 1. The van der Waals surface area contributed by atoms with Crippen molar-refractivity contribution >= 4 is 40.1 Å². The number of anilines is 1. The van der Waals surface area contributed by atoms with Crippen LogP contribution in [0.2, 0.25) is 5.02 Å². The van der Waals surface area contributed by atoms with Crippen molar-refractivity contribution in [3.05, 3.63) is 81.3 Å². The van der Waals surface area contributed by atoms with Crippen molar-refractivity contribution < 1.29 is 9.53 Å². The van der Waals surface area contributed by atoms with E-state index in [0.717, 1.165) is 41.0 Å². The van der Waals surface area contributed by atoms with Crippen LogP contribution in [-0.2, 0) is 11.2 Å². The highest BCUT2D eigenvalue weighted by Gasteiger charge is 2.12. The van der Waals surface area contributed by atoms with Gasteiger partial charge in [-0.3, -0.25) is 10.1 Å². The summed E-state index contributed by atoms with van der Waals surface area (Å²) < 4.78 is 5.69. The van der Waals surface area contributed by atoms with Gasteiger partial charge in [-0.15, -0.1) is 11.3 Å². The van der Waals surface area contributed by atoms with Crippen molar-refractivity contribution in [1.29, 1.82) is 5.26 Å². The van der Waals surface area contributed by atoms with Gasteiger partial charge in [-0.25, -0.2) is 4.98 Å². The molecule has 1 amide bonds. The van der Waals surface area contributed by atoms with E-state index >= 15 is 0 Å². The minimum atomic E-state index is -0.490. The molecular formula is C25H24ClN3O2S. The molecule has 0 aliphatic heterocycles. The van der Waals surface area contributed by atoms with Gasteiger partial charge in [0.2, 0.25) is 0 Å². The molecule has 0 saturated heterocycles. The highest BCUT2D eigenvalue weighted by atomic mass is 35.5. The van der Waals surface area contributed by atoms with Crippen molar-refractivity contribution in [1.82, 2.24) is 4.98 Å². The SMILES string of the molecule is CCCCCOc1ccc(/C=C(/C#N)C(=O)Nc2ncc(Cc3cccc(Cl)c3)s2)cc1. The van der Waals surface area contributed by atoms with Crippen LogP contribution in [-0.4, -0.2) is 17.5 Å². The lowest BCUT2D eigenvalue weighted by Crippen LogP contribution is -2.13. The summed E-state index contributed by atoms with van der Waals surface area (Å²) in [6.07, 6.45) is 7.25. The first-order valence-corrected chi connectivity index (χ1v) is 11.6. The minimum absolute atomic E-state index is 0.00760. The molecule has 3 aromatic rings. The van der Waals surface area contributed by atoms with Crippen molar-refractivity contribution in [2.24, 2.45) is 0 Å². The zero-order valence-corrected chi connectivity index (χ0v) is 19.4. The number of hydrogen-bond donors (Lipinski definition) is 1. The summed E-state index contributed by atoms with van der Waals surface area (Å²) in [6.45, 7) is 2.83. The van der Waals surface area contributed by atoms with Crippen molar-refractivity contribution in [2.75, 3.05) is 11.9 Å². The second-order valence-corrected chi connectivity index (χ2v) is 8.74. The molecule has 164 valence electrons. The molecule has 3 rings (SSSR count). The third kappa shape index (κ3) is 7.23. The molecule has 5 nitrogen and oxygen atoms in total. The molecule has 1 N–H and O–H groups in total. The van der Waals surface area contributed by atoms with Crippen molar-refractivity contribution in [3.8, 4) is 11.8 Å². The number of hydrogen-bond acceptors (Lipinski definition) is 5. The van der Waals surface area contributed by atoms with Gasteiger partial charge >= 0.3 is 0 Å². The van der Waals surface area contributed by atoms with E-state index in [1.54, 1.807) is 12.3 Å². The number of rotatable bonds is 10. The van der Waals surface area contributed by atoms with Gasteiger partial charge in [-0.1, -0.05) is 55.6 Å². The molecule has 0 spiro atoms. The van der Waals surface area contributed by atoms with Crippen LogP contribution in [0.1, 0.15) is 42.2 Å². The molecule has 1 aromatic heterocycles. The maximum atomic E-state index is 12.6. The third-order valence-corrected chi connectivity index (χ3v) is 5.76. The van der Waals surface area contributed by atoms with Gasteiger partial charge in [0.25, 0.3) is 5.91 Å². The molecule has 0 aliphatic rings. The molecule has 1 heterocycles. The summed E-state index contributed by atoms with van der Waals surface area (Å²) in [5, 5.41) is 13.3. The monoisotopic (exact) mass is 465 g/mol. The normalized spacial score (nSPS) is 11.1. The van der Waals surface area contributed by atoms with E-state index in [4.69, 9.17) is 16.3 Å². The van der Waals surface area contributed by atoms with E-state index in [2.05, 4.69) is 17.2 Å². The molecule has 0 aliphatic carbocycles. The summed E-state index contributed by atoms with van der Waals surface area (Å²) in [5.74, 6) is 0.285. The number of nitriles is 1. The molecule has 2 aromatic carbocycles. The summed E-state index contributed by atoms with van der Waals surface area (Å²) >= 11 is 7.40. The van der Waals surface area contributed by atoms with Gasteiger partial charge < -0.3 is 4.74 Å². The van der Waals surface area contributed by atoms with Gasteiger partial charge in [0.1, 0.15) is 17.4 Å². The number of carbonyl (C=O) groups is 1. The van der Waals surface area contributed by atoms with Crippen LogP contribution in [0.3, 0.4) is 0 Å². The molecule has 0 unspecified atom stereocenters. The maximum Gasteiger partial charge on any atom is 0.268 e. The predicted octanol–water partition coefficient (Wildman–Crippen LogP) is 6.50. The van der Waals surface area contributed by atoms with Gasteiger partial charge in [0.05, 0.1) is 6.61 Å². The average Bonchev–Trinajstić information content (AvgIpc) is 3.22. The van der Waals surface area contributed by atoms with E-state index in [0.29, 0.717) is 23.2 Å². The molecule has 7 heteroatoms. The zero-order valence-electron chi connectivity index (χ0n) is 17.8. The minimum Gasteiger partial charge on any atom is -0.494 e. The second-order valence-electron chi connectivity index (χ2n) is 7.19. The fourth-order valence-electron chi connectivity index (χ4n) is 2.98. The number of thiazole rings is 1. The lowest BCUT2D eigenvalue weighted by atomic mass is 10.1. The standard InChI is InChI=1S/C25H24ClN3O2S/c1-2-3-4-12-31-22-10-8-18(9-11-22)13-20(16-27)24(30)29-25-28-17-23(32-25)15-19-6-5-7-21(26)14-19/h5-11,13-14,17H,2-4,12,15H2,1H3,(H,28,29,30)/b20-13-. The van der Waals surface area contributed by atoms with Gasteiger partial charge in [0.15, 0.2) is 5.13 Å². The summed E-state index contributed by atoms with van der Waals surface area (Å²) in [6, 6.07) is 16.9. The Hall–Kier alpha value is -3.14. The Balaban J connectivity index is 1.59. The van der Waals surface area contributed by atoms with Crippen LogP contribution in [0.15, 0.2) is 60.3 Å². The number of aromatic nitrogens is 1. The summed E-state index contributed by atoms with van der Waals surface area (Å²) in [4.78, 5) is 17.8. The number of halogens is 1. The van der Waals surface area contributed by atoms with Gasteiger partial charge in [0, 0.05) is 22.5 Å². The van der Waals surface area contributed by atoms with E-state index in [1.165, 1.54) is 11.3 Å². The van der Waals surface area contributed by atoms with Crippen LogP contribution in [0.4, 0.5) is 5.13 Å². The average molecular weight is 466 g/mol. The Bertz CT molecular complexity index is 1120. The molecule has 0 bridgehead atoms. The van der Waals surface area contributed by atoms with Crippen LogP contribution in [0.5, 0.6) is 5.75 Å². The number of unbranched alkanes of at least 4 members (excludes halogenated alkanes) is 2. The first kappa shape index (κ1) is 23.5. The summed E-state index contributed by atoms with van der Waals surface area (Å²) in [7, 11) is 0. The third-order valence-electron chi connectivity index (χ3n) is 4.61. The van der Waals surface area contributed by atoms with E-state index in [9.17, 15) is 10.1 Å². The van der Waals surface area contributed by atoms with Crippen molar-refractivity contribution in [3.63, 3.8) is 0 Å². The maximum absolute atomic E-state index is 12.6. The zero-order chi connectivity index (χ0) is 22.8. The number of ether oxygens (including phenoxy) is 1. The first-order valence-electron chi connectivity index (χ1n) is 10.4. The smallest absolute Gasteiger partial charge is 0.268 e. The second kappa shape index (κ2) is 12.0. The molecule has 0 saturated carbocycles. The fourth-order valence-corrected chi connectivity index (χ4v) is 4.03. The highest BCUT2D eigenvalue weighted by Crippen LogP contribution is 2.23.